The third-order valence-electron chi connectivity index (χ3n) is 3.26. The van der Waals surface area contributed by atoms with Gasteiger partial charge in [-0.1, -0.05) is 12.1 Å². The number of hydrogen-bond donors (Lipinski definition) is 1. The molecule has 0 atom stereocenters. The van der Waals surface area contributed by atoms with Crippen LogP contribution in [-0.2, 0) is 13.6 Å². The summed E-state index contributed by atoms with van der Waals surface area (Å²) in [5, 5.41) is 3.25. The van der Waals surface area contributed by atoms with E-state index in [1.165, 1.54) is 0 Å². The fourth-order valence-corrected chi connectivity index (χ4v) is 2.07. The Morgan fingerprint density at radius 2 is 2.00 bits per heavy atom. The van der Waals surface area contributed by atoms with Gasteiger partial charge in [0.1, 0.15) is 5.76 Å². The molecule has 2 heterocycles. The fourth-order valence-electron chi connectivity index (χ4n) is 2.07. The predicted octanol–water partition coefficient (Wildman–Crippen LogP) is 2.79. The summed E-state index contributed by atoms with van der Waals surface area (Å²) in [4.78, 5) is 8.88. The zero-order chi connectivity index (χ0) is 13.4. The zero-order valence-corrected chi connectivity index (χ0v) is 11.3. The molecule has 98 valence electrons. The Bertz CT molecular complexity index is 707. The zero-order valence-electron chi connectivity index (χ0n) is 11.3. The van der Waals surface area contributed by atoms with Crippen LogP contribution in [0.2, 0.25) is 0 Å². The maximum absolute atomic E-state index is 5.54. The number of fused-ring (bicyclic) bond motifs is 1. The monoisotopic (exact) mass is 256 g/mol. The molecule has 0 spiro atoms. The van der Waals surface area contributed by atoms with Gasteiger partial charge < -0.3 is 14.3 Å². The van der Waals surface area contributed by atoms with E-state index >= 15 is 0 Å². The van der Waals surface area contributed by atoms with Crippen LogP contribution in [0.25, 0.3) is 11.0 Å². The van der Waals surface area contributed by atoms with E-state index in [0.29, 0.717) is 12.4 Å². The lowest BCUT2D eigenvalue weighted by Crippen LogP contribution is -2.05. The van der Waals surface area contributed by atoms with E-state index in [4.69, 9.17) is 4.42 Å². The highest BCUT2D eigenvalue weighted by Gasteiger charge is 2.09. The summed E-state index contributed by atoms with van der Waals surface area (Å²) < 4.78 is 7.57. The molecular formula is C14H16N4O. The van der Waals surface area contributed by atoms with E-state index in [1.807, 2.05) is 49.7 Å². The maximum Gasteiger partial charge on any atom is 0.214 e. The molecule has 0 aliphatic rings. The van der Waals surface area contributed by atoms with Crippen molar-refractivity contribution < 1.29 is 4.42 Å². The van der Waals surface area contributed by atoms with Crippen molar-refractivity contribution in [3.8, 4) is 0 Å². The summed E-state index contributed by atoms with van der Waals surface area (Å²) in [6.45, 7) is 4.39. The van der Waals surface area contributed by atoms with Gasteiger partial charge in [0.05, 0.1) is 23.3 Å². The lowest BCUT2D eigenvalue weighted by Gasteiger charge is -2.03. The predicted molar refractivity (Wildman–Crippen MR) is 74.0 cm³/mol. The molecule has 0 saturated carbocycles. The Balaban J connectivity index is 1.83. The molecule has 1 aromatic carbocycles. The molecule has 1 N–H and O–H groups in total. The quantitative estimate of drug-likeness (QED) is 0.783. The first-order valence-corrected chi connectivity index (χ1v) is 6.23. The molecule has 19 heavy (non-hydrogen) atoms. The number of aryl methyl sites for hydroxylation is 3. The molecule has 0 bridgehead atoms. The van der Waals surface area contributed by atoms with Gasteiger partial charge in [0.25, 0.3) is 0 Å². The highest BCUT2D eigenvalue weighted by molar-refractivity contribution is 5.78. The second kappa shape index (κ2) is 4.42. The number of anilines is 1. The molecule has 0 radical (unpaired) electrons. The number of imidazole rings is 1. The molecule has 3 rings (SSSR count). The largest absolute Gasteiger partial charge is 0.444 e. The third-order valence-corrected chi connectivity index (χ3v) is 3.26. The van der Waals surface area contributed by atoms with Crippen LogP contribution in [0.5, 0.6) is 0 Å². The Morgan fingerprint density at radius 1 is 1.21 bits per heavy atom. The molecule has 0 aliphatic heterocycles. The number of oxazole rings is 1. The van der Waals surface area contributed by atoms with E-state index in [1.54, 1.807) is 0 Å². The van der Waals surface area contributed by atoms with Gasteiger partial charge in [-0.3, -0.25) is 0 Å². The second-order valence-corrected chi connectivity index (χ2v) is 4.59. The first-order valence-electron chi connectivity index (χ1n) is 6.23. The van der Waals surface area contributed by atoms with E-state index in [9.17, 15) is 0 Å². The molecule has 0 amide bonds. The summed E-state index contributed by atoms with van der Waals surface area (Å²) in [5.41, 5.74) is 3.01. The first-order chi connectivity index (χ1) is 9.15. The molecule has 0 aliphatic carbocycles. The lowest BCUT2D eigenvalue weighted by molar-refractivity contribution is 0.477. The van der Waals surface area contributed by atoms with Crippen molar-refractivity contribution in [2.75, 3.05) is 5.32 Å². The summed E-state index contributed by atoms with van der Waals surface area (Å²) in [6, 6.07) is 8.04. The van der Waals surface area contributed by atoms with Gasteiger partial charge in [-0.05, 0) is 26.0 Å². The second-order valence-electron chi connectivity index (χ2n) is 4.59. The Hall–Kier alpha value is -2.30. The highest BCUT2D eigenvalue weighted by Crippen LogP contribution is 2.18. The standard InChI is InChI=1S/C14H16N4O/c1-9-10(2)19-13(16-9)8-15-14-17-11-6-4-5-7-12(11)18(14)3/h4-7H,8H2,1-3H3,(H,15,17). The summed E-state index contributed by atoms with van der Waals surface area (Å²) >= 11 is 0. The number of nitrogens with one attached hydrogen (secondary N) is 1. The van der Waals surface area contributed by atoms with E-state index in [-0.39, 0.29) is 0 Å². The number of benzene rings is 1. The van der Waals surface area contributed by atoms with Gasteiger partial charge in [0.15, 0.2) is 0 Å². The van der Waals surface area contributed by atoms with Crippen molar-refractivity contribution in [1.82, 2.24) is 14.5 Å². The minimum atomic E-state index is 0.534. The van der Waals surface area contributed by atoms with Gasteiger partial charge in [-0.25, -0.2) is 9.97 Å². The topological polar surface area (TPSA) is 55.9 Å². The van der Waals surface area contributed by atoms with Crippen LogP contribution in [0.15, 0.2) is 28.7 Å². The molecule has 5 heteroatoms. The van der Waals surface area contributed by atoms with Crippen LogP contribution in [0, 0.1) is 13.8 Å². The van der Waals surface area contributed by atoms with Crippen LogP contribution < -0.4 is 5.32 Å². The van der Waals surface area contributed by atoms with E-state index in [0.717, 1.165) is 28.4 Å². The molecule has 2 aromatic heterocycles. The van der Waals surface area contributed by atoms with E-state index < -0.39 is 0 Å². The normalized spacial score (nSPS) is 11.1. The molecule has 3 aromatic rings. The maximum atomic E-state index is 5.54. The van der Waals surface area contributed by atoms with Crippen LogP contribution in [-0.4, -0.2) is 14.5 Å². The molecule has 0 saturated heterocycles. The summed E-state index contributed by atoms with van der Waals surface area (Å²) in [6.07, 6.45) is 0. The Kier molecular flexibility index (Phi) is 2.74. The van der Waals surface area contributed by atoms with Crippen molar-refractivity contribution in [2.24, 2.45) is 7.05 Å². The molecular weight excluding hydrogens is 240 g/mol. The van der Waals surface area contributed by atoms with Crippen LogP contribution in [0.3, 0.4) is 0 Å². The van der Waals surface area contributed by atoms with Gasteiger partial charge in [-0.2, -0.15) is 0 Å². The van der Waals surface area contributed by atoms with Gasteiger partial charge in [-0.15, -0.1) is 0 Å². The van der Waals surface area contributed by atoms with Gasteiger partial charge in [0.2, 0.25) is 11.8 Å². The SMILES string of the molecule is Cc1nc(CNc2nc3ccccc3n2C)oc1C. The molecule has 0 fully saturated rings. The first kappa shape index (κ1) is 11.8. The Labute approximate surface area is 111 Å². The van der Waals surface area contributed by atoms with Crippen molar-refractivity contribution >= 4 is 17.0 Å². The average Bonchev–Trinajstić information content (AvgIpc) is 2.89. The van der Waals surface area contributed by atoms with Gasteiger partial charge >= 0.3 is 0 Å². The van der Waals surface area contributed by atoms with Crippen molar-refractivity contribution in [2.45, 2.75) is 20.4 Å². The van der Waals surface area contributed by atoms with Crippen molar-refractivity contribution in [3.63, 3.8) is 0 Å². The highest BCUT2D eigenvalue weighted by atomic mass is 16.4. The molecule has 0 unspecified atom stereocenters. The fraction of sp³-hybridized carbons (Fsp3) is 0.286. The van der Waals surface area contributed by atoms with E-state index in [2.05, 4.69) is 15.3 Å². The van der Waals surface area contributed by atoms with Crippen LogP contribution in [0.4, 0.5) is 5.95 Å². The minimum Gasteiger partial charge on any atom is -0.444 e. The number of nitrogens with zero attached hydrogens (tertiary/aromatic N) is 3. The number of aromatic nitrogens is 3. The third kappa shape index (κ3) is 2.07. The van der Waals surface area contributed by atoms with Crippen LogP contribution in [0.1, 0.15) is 17.3 Å². The number of hydrogen-bond acceptors (Lipinski definition) is 4. The van der Waals surface area contributed by atoms with Crippen LogP contribution >= 0.6 is 0 Å². The number of para-hydroxylation sites is 2. The minimum absolute atomic E-state index is 0.534. The van der Waals surface area contributed by atoms with Crippen molar-refractivity contribution in [3.05, 3.63) is 41.6 Å². The van der Waals surface area contributed by atoms with Crippen molar-refractivity contribution in [1.29, 1.82) is 0 Å². The van der Waals surface area contributed by atoms with Gasteiger partial charge in [0, 0.05) is 7.05 Å². The average molecular weight is 256 g/mol. The lowest BCUT2D eigenvalue weighted by atomic mass is 10.3. The number of rotatable bonds is 3. The summed E-state index contributed by atoms with van der Waals surface area (Å²) in [5.74, 6) is 2.36. The summed E-state index contributed by atoms with van der Waals surface area (Å²) in [7, 11) is 1.99. The molecule has 5 nitrogen and oxygen atoms in total. The smallest absolute Gasteiger partial charge is 0.214 e. The Morgan fingerprint density at radius 3 is 2.68 bits per heavy atom.